The molecule has 1 fully saturated rings. The van der Waals surface area contributed by atoms with Gasteiger partial charge in [-0.25, -0.2) is 4.39 Å². The van der Waals surface area contributed by atoms with Gasteiger partial charge in [0.15, 0.2) is 0 Å². The smallest absolute Gasteiger partial charge is 0.124 e. The van der Waals surface area contributed by atoms with E-state index in [2.05, 4.69) is 21.2 Å². The molecule has 0 saturated heterocycles. The summed E-state index contributed by atoms with van der Waals surface area (Å²) in [5, 5.41) is 3.72. The predicted molar refractivity (Wildman–Crippen MR) is 77.5 cm³/mol. The van der Waals surface area contributed by atoms with E-state index >= 15 is 0 Å². The Labute approximate surface area is 121 Å². The molecule has 1 aliphatic carbocycles. The third-order valence-electron chi connectivity index (χ3n) is 3.50. The summed E-state index contributed by atoms with van der Waals surface area (Å²) in [7, 11) is 0. The minimum atomic E-state index is -0.213. The van der Waals surface area contributed by atoms with Crippen molar-refractivity contribution >= 4 is 27.5 Å². The Morgan fingerprint density at radius 1 is 1.28 bits per heavy atom. The second-order valence-electron chi connectivity index (χ2n) is 4.88. The van der Waals surface area contributed by atoms with Crippen LogP contribution in [0.1, 0.15) is 37.7 Å². The van der Waals surface area contributed by atoms with E-state index in [0.717, 1.165) is 29.4 Å². The highest BCUT2D eigenvalue weighted by Gasteiger charge is 2.21. The summed E-state index contributed by atoms with van der Waals surface area (Å²) >= 11 is 9.77. The number of nitrogens with one attached hydrogen (secondary N) is 1. The first kappa shape index (κ1) is 14.3. The summed E-state index contributed by atoms with van der Waals surface area (Å²) in [6.07, 6.45) is 5.97. The van der Waals surface area contributed by atoms with E-state index in [-0.39, 0.29) is 11.2 Å². The van der Waals surface area contributed by atoms with Crippen molar-refractivity contribution in [1.82, 2.24) is 5.32 Å². The van der Waals surface area contributed by atoms with Crippen LogP contribution in [0.2, 0.25) is 0 Å². The predicted octanol–water partition coefficient (Wildman–Crippen LogP) is 4.62. The van der Waals surface area contributed by atoms with Gasteiger partial charge in [0.2, 0.25) is 0 Å². The molecule has 0 bridgehead atoms. The van der Waals surface area contributed by atoms with E-state index in [1.54, 1.807) is 0 Å². The van der Waals surface area contributed by atoms with Crippen LogP contribution >= 0.6 is 27.5 Å². The van der Waals surface area contributed by atoms with E-state index in [1.165, 1.54) is 31.4 Å². The van der Waals surface area contributed by atoms with Crippen LogP contribution in [0.4, 0.5) is 4.39 Å². The molecule has 1 saturated carbocycles. The van der Waals surface area contributed by atoms with E-state index in [0.29, 0.717) is 6.04 Å². The van der Waals surface area contributed by atoms with Gasteiger partial charge >= 0.3 is 0 Å². The Kier molecular flexibility index (Phi) is 5.46. The van der Waals surface area contributed by atoms with E-state index in [9.17, 15) is 4.39 Å². The SMILES string of the molecule is Fc1ccc(CNC2CCCCCC2Cl)c(Br)c1. The summed E-state index contributed by atoms with van der Waals surface area (Å²) < 4.78 is 13.8. The highest BCUT2D eigenvalue weighted by Crippen LogP contribution is 2.23. The molecule has 1 nitrogen and oxygen atoms in total. The lowest BCUT2D eigenvalue weighted by molar-refractivity contribution is 0.464. The fourth-order valence-electron chi connectivity index (χ4n) is 2.40. The molecule has 4 heteroatoms. The van der Waals surface area contributed by atoms with Gasteiger partial charge in [-0.2, -0.15) is 0 Å². The van der Waals surface area contributed by atoms with Crippen molar-refractivity contribution in [2.75, 3.05) is 0 Å². The maximum atomic E-state index is 13.0. The molecule has 18 heavy (non-hydrogen) atoms. The molecule has 0 aliphatic heterocycles. The highest BCUT2D eigenvalue weighted by molar-refractivity contribution is 9.10. The molecule has 1 aliphatic rings. The first-order valence-corrected chi connectivity index (χ1v) is 7.71. The number of halogens is 3. The van der Waals surface area contributed by atoms with Crippen molar-refractivity contribution in [3.63, 3.8) is 0 Å². The van der Waals surface area contributed by atoms with Crippen molar-refractivity contribution < 1.29 is 4.39 Å². The number of benzene rings is 1. The van der Waals surface area contributed by atoms with Gasteiger partial charge in [0.25, 0.3) is 0 Å². The van der Waals surface area contributed by atoms with Crippen LogP contribution in [0, 0.1) is 5.82 Å². The van der Waals surface area contributed by atoms with E-state index in [4.69, 9.17) is 11.6 Å². The number of hydrogen-bond acceptors (Lipinski definition) is 1. The lowest BCUT2D eigenvalue weighted by atomic mass is 10.1. The van der Waals surface area contributed by atoms with Crippen LogP contribution in [0.15, 0.2) is 22.7 Å². The molecule has 0 spiro atoms. The molecule has 100 valence electrons. The largest absolute Gasteiger partial charge is 0.308 e. The Morgan fingerprint density at radius 3 is 2.83 bits per heavy atom. The molecular formula is C14H18BrClFN. The van der Waals surface area contributed by atoms with E-state index in [1.807, 2.05) is 6.07 Å². The first-order valence-electron chi connectivity index (χ1n) is 6.48. The Balaban J connectivity index is 1.93. The second-order valence-corrected chi connectivity index (χ2v) is 6.29. The Hall–Kier alpha value is -0.120. The maximum absolute atomic E-state index is 13.0. The number of hydrogen-bond donors (Lipinski definition) is 1. The topological polar surface area (TPSA) is 12.0 Å². The van der Waals surface area contributed by atoms with Crippen molar-refractivity contribution in [3.05, 3.63) is 34.1 Å². The summed E-state index contributed by atoms with van der Waals surface area (Å²) in [5.74, 6) is -0.213. The lowest BCUT2D eigenvalue weighted by Crippen LogP contribution is -2.35. The van der Waals surface area contributed by atoms with Gasteiger partial charge in [0, 0.05) is 22.4 Å². The van der Waals surface area contributed by atoms with Crippen molar-refractivity contribution in [1.29, 1.82) is 0 Å². The molecule has 1 N–H and O–H groups in total. The quantitative estimate of drug-likeness (QED) is 0.628. The molecule has 0 radical (unpaired) electrons. The molecular weight excluding hydrogens is 317 g/mol. The second kappa shape index (κ2) is 6.88. The summed E-state index contributed by atoms with van der Waals surface area (Å²) in [4.78, 5) is 0. The molecule has 0 aromatic heterocycles. The third kappa shape index (κ3) is 3.94. The first-order chi connectivity index (χ1) is 8.66. The van der Waals surface area contributed by atoms with Crippen LogP contribution < -0.4 is 5.32 Å². The molecule has 1 aromatic rings. The average molecular weight is 335 g/mol. The molecule has 2 rings (SSSR count). The minimum Gasteiger partial charge on any atom is -0.308 e. The third-order valence-corrected chi connectivity index (χ3v) is 4.76. The van der Waals surface area contributed by atoms with Crippen LogP contribution in [0.5, 0.6) is 0 Å². The molecule has 0 heterocycles. The Bertz CT molecular complexity index is 399. The van der Waals surface area contributed by atoms with Gasteiger partial charge in [-0.05, 0) is 30.5 Å². The normalized spacial score (nSPS) is 24.8. The van der Waals surface area contributed by atoms with Gasteiger partial charge in [0.1, 0.15) is 5.82 Å². The van der Waals surface area contributed by atoms with Crippen LogP contribution in [-0.2, 0) is 6.54 Å². The highest BCUT2D eigenvalue weighted by atomic mass is 79.9. The summed E-state index contributed by atoms with van der Waals surface area (Å²) in [6, 6.07) is 5.17. The van der Waals surface area contributed by atoms with Crippen LogP contribution in [0.25, 0.3) is 0 Å². The zero-order chi connectivity index (χ0) is 13.0. The van der Waals surface area contributed by atoms with Gasteiger partial charge in [-0.15, -0.1) is 11.6 Å². The summed E-state index contributed by atoms with van der Waals surface area (Å²) in [5.41, 5.74) is 1.07. The molecule has 0 amide bonds. The van der Waals surface area contributed by atoms with Crippen molar-refractivity contribution in [2.24, 2.45) is 0 Å². The zero-order valence-electron chi connectivity index (χ0n) is 10.3. The van der Waals surface area contributed by atoms with Gasteiger partial charge in [-0.1, -0.05) is 41.3 Å². The monoisotopic (exact) mass is 333 g/mol. The van der Waals surface area contributed by atoms with Crippen molar-refractivity contribution in [3.8, 4) is 0 Å². The van der Waals surface area contributed by atoms with Gasteiger partial charge < -0.3 is 5.32 Å². The molecule has 2 atom stereocenters. The minimum absolute atomic E-state index is 0.213. The standard InChI is InChI=1S/C14H18BrClFN/c15-12-8-11(17)7-6-10(12)9-18-14-5-3-1-2-4-13(14)16/h6-8,13-14,18H,1-5,9H2. The van der Waals surface area contributed by atoms with Crippen LogP contribution in [-0.4, -0.2) is 11.4 Å². The lowest BCUT2D eigenvalue weighted by Gasteiger charge is -2.21. The molecule has 2 unspecified atom stereocenters. The Morgan fingerprint density at radius 2 is 2.06 bits per heavy atom. The number of rotatable bonds is 3. The average Bonchev–Trinajstić information content (AvgIpc) is 2.53. The van der Waals surface area contributed by atoms with Crippen LogP contribution in [0.3, 0.4) is 0 Å². The zero-order valence-corrected chi connectivity index (χ0v) is 12.6. The fraction of sp³-hybridized carbons (Fsp3) is 0.571. The van der Waals surface area contributed by atoms with Gasteiger partial charge in [-0.3, -0.25) is 0 Å². The van der Waals surface area contributed by atoms with E-state index < -0.39 is 0 Å². The summed E-state index contributed by atoms with van der Waals surface area (Å²) in [6.45, 7) is 0.731. The fourth-order valence-corrected chi connectivity index (χ4v) is 3.26. The van der Waals surface area contributed by atoms with Crippen molar-refractivity contribution in [2.45, 2.75) is 50.1 Å². The molecule has 1 aromatic carbocycles. The number of alkyl halides is 1. The van der Waals surface area contributed by atoms with Gasteiger partial charge in [0.05, 0.1) is 0 Å². The maximum Gasteiger partial charge on any atom is 0.124 e.